The molecule has 0 spiro atoms. The Labute approximate surface area is 138 Å². The average molecular weight is 310 g/mol. The lowest BCUT2D eigenvalue weighted by atomic mass is 9.81. The predicted octanol–water partition coefficient (Wildman–Crippen LogP) is 5.21. The minimum absolute atomic E-state index is 0.0534. The molecule has 2 aromatic carbocycles. The Kier molecular flexibility index (Phi) is 4.48. The van der Waals surface area contributed by atoms with Gasteiger partial charge < -0.3 is 4.79 Å². The highest BCUT2D eigenvalue weighted by molar-refractivity contribution is 6.12. The second-order valence-electron chi connectivity index (χ2n) is 8.25. The first-order valence-corrected chi connectivity index (χ1v) is 8.09. The highest BCUT2D eigenvalue weighted by Gasteiger charge is 2.20. The molecule has 0 N–H and O–H groups in total. The maximum Gasteiger partial charge on any atom is 0.170 e. The van der Waals surface area contributed by atoms with Gasteiger partial charge >= 0.3 is 0 Å². The van der Waals surface area contributed by atoms with Crippen molar-refractivity contribution < 1.29 is 9.59 Å². The molecule has 0 fully saturated rings. The van der Waals surface area contributed by atoms with E-state index in [1.165, 1.54) is 5.56 Å². The summed E-state index contributed by atoms with van der Waals surface area (Å²) in [4.78, 5) is 23.2. The van der Waals surface area contributed by atoms with Crippen LogP contribution in [0.15, 0.2) is 30.3 Å². The van der Waals surface area contributed by atoms with Gasteiger partial charge in [0.05, 0.1) is 6.42 Å². The Hall–Kier alpha value is -1.96. The van der Waals surface area contributed by atoms with E-state index < -0.39 is 0 Å². The normalized spacial score (nSPS) is 12.4. The number of Topliss-reactive ketones (excluding diaryl/α,β-unsaturated/α-hetero) is 1. The molecule has 0 heterocycles. The maximum atomic E-state index is 12.4. The van der Waals surface area contributed by atoms with Gasteiger partial charge in [0.1, 0.15) is 6.29 Å². The molecule has 0 amide bonds. The Morgan fingerprint density at radius 2 is 1.48 bits per heavy atom. The SMILES string of the molecule is CC(C)(C)c1ccc2c(C(=O)CC=O)cc(C(C)(C)C)cc2c1. The van der Waals surface area contributed by atoms with E-state index in [1.807, 2.05) is 12.1 Å². The van der Waals surface area contributed by atoms with Crippen molar-refractivity contribution >= 4 is 22.8 Å². The van der Waals surface area contributed by atoms with Gasteiger partial charge in [-0.1, -0.05) is 65.8 Å². The lowest BCUT2D eigenvalue weighted by Gasteiger charge is -2.23. The molecule has 0 atom stereocenters. The summed E-state index contributed by atoms with van der Waals surface area (Å²) in [7, 11) is 0. The van der Waals surface area contributed by atoms with Crippen LogP contribution in [0.25, 0.3) is 10.8 Å². The summed E-state index contributed by atoms with van der Waals surface area (Å²) in [6.45, 7) is 12.9. The number of rotatable bonds is 3. The third kappa shape index (κ3) is 3.69. The molecule has 2 nitrogen and oxygen atoms in total. The zero-order valence-corrected chi connectivity index (χ0v) is 15.0. The molecule has 0 saturated heterocycles. The molecule has 2 rings (SSSR count). The molecule has 0 bridgehead atoms. The minimum atomic E-state index is -0.111. The smallest absolute Gasteiger partial charge is 0.170 e. The highest BCUT2D eigenvalue weighted by Crippen LogP contribution is 2.32. The fourth-order valence-electron chi connectivity index (χ4n) is 2.69. The summed E-state index contributed by atoms with van der Waals surface area (Å²) in [5, 5.41) is 2.00. The minimum Gasteiger partial charge on any atom is -0.303 e. The number of benzene rings is 2. The molecule has 122 valence electrons. The summed E-state index contributed by atoms with van der Waals surface area (Å²) in [6.07, 6.45) is 0.616. The van der Waals surface area contributed by atoms with Gasteiger partial charge in [-0.2, -0.15) is 0 Å². The van der Waals surface area contributed by atoms with Gasteiger partial charge in [-0.05, 0) is 38.8 Å². The first-order valence-electron chi connectivity index (χ1n) is 8.09. The summed E-state index contributed by atoms with van der Waals surface area (Å²) >= 11 is 0. The van der Waals surface area contributed by atoms with E-state index in [9.17, 15) is 9.59 Å². The van der Waals surface area contributed by atoms with E-state index in [-0.39, 0.29) is 23.0 Å². The second kappa shape index (κ2) is 5.92. The quantitative estimate of drug-likeness (QED) is 0.443. The van der Waals surface area contributed by atoms with Crippen molar-refractivity contribution in [1.29, 1.82) is 0 Å². The highest BCUT2D eigenvalue weighted by atomic mass is 16.1. The summed E-state index contributed by atoms with van der Waals surface area (Å²) in [5.41, 5.74) is 3.01. The number of fused-ring (bicyclic) bond motifs is 1. The van der Waals surface area contributed by atoms with E-state index in [1.54, 1.807) is 0 Å². The van der Waals surface area contributed by atoms with Crippen molar-refractivity contribution in [3.8, 4) is 0 Å². The molecule has 0 aliphatic carbocycles. The second-order valence-corrected chi connectivity index (χ2v) is 8.25. The van der Waals surface area contributed by atoms with Gasteiger partial charge in [0, 0.05) is 5.56 Å². The van der Waals surface area contributed by atoms with Gasteiger partial charge in [0.15, 0.2) is 5.78 Å². The van der Waals surface area contributed by atoms with Crippen molar-refractivity contribution in [2.45, 2.75) is 58.8 Å². The third-order valence-corrected chi connectivity index (χ3v) is 4.25. The van der Waals surface area contributed by atoms with Crippen LogP contribution in [0.5, 0.6) is 0 Å². The van der Waals surface area contributed by atoms with E-state index in [0.29, 0.717) is 11.8 Å². The zero-order valence-electron chi connectivity index (χ0n) is 15.0. The van der Waals surface area contributed by atoms with Crippen molar-refractivity contribution in [3.05, 3.63) is 47.0 Å². The predicted molar refractivity (Wildman–Crippen MR) is 96.4 cm³/mol. The van der Waals surface area contributed by atoms with Gasteiger partial charge in [-0.3, -0.25) is 4.79 Å². The Morgan fingerprint density at radius 1 is 0.913 bits per heavy atom. The summed E-state index contributed by atoms with van der Waals surface area (Å²) in [5.74, 6) is -0.111. The number of aldehydes is 1. The standard InChI is InChI=1S/C21H26O2/c1-20(2,3)15-7-8-17-14(11-15)12-16(21(4,5)6)13-18(17)19(23)9-10-22/h7-8,10-13H,9H2,1-6H3. The fourth-order valence-corrected chi connectivity index (χ4v) is 2.69. The molecule has 0 aliphatic rings. The monoisotopic (exact) mass is 310 g/mol. The lowest BCUT2D eigenvalue weighted by Crippen LogP contribution is -2.14. The maximum absolute atomic E-state index is 12.4. The van der Waals surface area contributed by atoms with E-state index in [0.717, 1.165) is 16.3 Å². The largest absolute Gasteiger partial charge is 0.303 e. The number of ketones is 1. The van der Waals surface area contributed by atoms with Gasteiger partial charge in [0.2, 0.25) is 0 Å². The van der Waals surface area contributed by atoms with Crippen LogP contribution >= 0.6 is 0 Å². The topological polar surface area (TPSA) is 34.1 Å². The number of carbonyl (C=O) groups is 2. The van der Waals surface area contributed by atoms with Crippen molar-refractivity contribution in [2.75, 3.05) is 0 Å². The van der Waals surface area contributed by atoms with E-state index in [2.05, 4.69) is 59.7 Å². The molecular formula is C21H26O2. The number of carbonyl (C=O) groups excluding carboxylic acids is 2. The van der Waals surface area contributed by atoms with E-state index >= 15 is 0 Å². The van der Waals surface area contributed by atoms with Crippen LogP contribution in [0.4, 0.5) is 0 Å². The Bertz CT molecular complexity index is 750. The van der Waals surface area contributed by atoms with Gasteiger partial charge in [-0.25, -0.2) is 0 Å². The van der Waals surface area contributed by atoms with Crippen molar-refractivity contribution in [1.82, 2.24) is 0 Å². The average Bonchev–Trinajstić information content (AvgIpc) is 2.43. The van der Waals surface area contributed by atoms with Gasteiger partial charge in [-0.15, -0.1) is 0 Å². The molecule has 0 aromatic heterocycles. The van der Waals surface area contributed by atoms with Crippen LogP contribution in [0, 0.1) is 0 Å². The summed E-state index contributed by atoms with van der Waals surface area (Å²) in [6, 6.07) is 10.4. The molecule has 0 unspecified atom stereocenters. The molecule has 23 heavy (non-hydrogen) atoms. The molecule has 2 heteroatoms. The third-order valence-electron chi connectivity index (χ3n) is 4.25. The van der Waals surface area contributed by atoms with E-state index in [4.69, 9.17) is 0 Å². The van der Waals surface area contributed by atoms with Crippen LogP contribution < -0.4 is 0 Å². The Morgan fingerprint density at radius 3 is 2.00 bits per heavy atom. The lowest BCUT2D eigenvalue weighted by molar-refractivity contribution is -0.107. The van der Waals surface area contributed by atoms with Crippen LogP contribution in [0.1, 0.15) is 69.4 Å². The molecule has 0 radical (unpaired) electrons. The first kappa shape index (κ1) is 17.4. The van der Waals surface area contributed by atoms with Gasteiger partial charge in [0.25, 0.3) is 0 Å². The Balaban J connectivity index is 2.77. The molecule has 0 aliphatic heterocycles. The van der Waals surface area contributed by atoms with Crippen LogP contribution in [0.2, 0.25) is 0 Å². The van der Waals surface area contributed by atoms with Crippen LogP contribution in [-0.2, 0) is 15.6 Å². The fraction of sp³-hybridized carbons (Fsp3) is 0.429. The number of hydrogen-bond acceptors (Lipinski definition) is 2. The molecule has 2 aromatic rings. The molecule has 0 saturated carbocycles. The van der Waals surface area contributed by atoms with Crippen molar-refractivity contribution in [2.24, 2.45) is 0 Å². The first-order chi connectivity index (χ1) is 10.5. The summed E-state index contributed by atoms with van der Waals surface area (Å²) < 4.78 is 0. The number of hydrogen-bond donors (Lipinski definition) is 0. The molecular weight excluding hydrogens is 284 g/mol. The van der Waals surface area contributed by atoms with Crippen LogP contribution in [-0.4, -0.2) is 12.1 Å². The van der Waals surface area contributed by atoms with Crippen LogP contribution in [0.3, 0.4) is 0 Å². The zero-order chi connectivity index (χ0) is 17.4. The van der Waals surface area contributed by atoms with Crippen molar-refractivity contribution in [3.63, 3.8) is 0 Å².